The largest absolute Gasteiger partial charge is 0.497 e. The quantitative estimate of drug-likeness (QED) is 0.706. The van der Waals surface area contributed by atoms with Gasteiger partial charge in [0.05, 0.1) is 14.2 Å². The molecule has 5 nitrogen and oxygen atoms in total. The Bertz CT molecular complexity index is 717. The molecule has 1 atom stereocenters. The Kier molecular flexibility index (Phi) is 6.51. The zero-order valence-electron chi connectivity index (χ0n) is 13.8. The molecule has 2 aromatic rings. The van der Waals surface area contributed by atoms with E-state index >= 15 is 0 Å². The van der Waals surface area contributed by atoms with Crippen molar-refractivity contribution in [2.24, 2.45) is 0 Å². The van der Waals surface area contributed by atoms with Gasteiger partial charge in [-0.3, -0.25) is 0 Å². The standard InChI is InChI=1S/C17H16F4O5/c1-23-11-5-10(6-12(8-11)24-2)15(22)9-3-4-13(25-16(18)19)14(7-9)26-17(20)21/h3-8,15-17,22H,1-2H3. The third-order valence-electron chi connectivity index (χ3n) is 3.41. The fourth-order valence-corrected chi connectivity index (χ4v) is 2.26. The molecule has 0 fully saturated rings. The lowest BCUT2D eigenvalue weighted by atomic mass is 10.0. The van der Waals surface area contributed by atoms with Gasteiger partial charge in [-0.25, -0.2) is 0 Å². The molecule has 142 valence electrons. The fraction of sp³-hybridized carbons (Fsp3) is 0.294. The van der Waals surface area contributed by atoms with E-state index in [4.69, 9.17) is 9.47 Å². The average molecular weight is 376 g/mol. The summed E-state index contributed by atoms with van der Waals surface area (Å²) >= 11 is 0. The molecule has 1 unspecified atom stereocenters. The third-order valence-corrected chi connectivity index (χ3v) is 3.41. The van der Waals surface area contributed by atoms with Crippen molar-refractivity contribution in [3.05, 3.63) is 47.5 Å². The van der Waals surface area contributed by atoms with E-state index in [0.29, 0.717) is 17.1 Å². The summed E-state index contributed by atoms with van der Waals surface area (Å²) in [5.41, 5.74) is 0.462. The molecule has 0 aromatic heterocycles. The maximum atomic E-state index is 12.5. The number of methoxy groups -OCH3 is 2. The van der Waals surface area contributed by atoms with E-state index in [0.717, 1.165) is 12.1 Å². The maximum absolute atomic E-state index is 12.5. The van der Waals surface area contributed by atoms with Crippen LogP contribution in [0.25, 0.3) is 0 Å². The van der Waals surface area contributed by atoms with Gasteiger partial charge in [-0.1, -0.05) is 6.07 Å². The van der Waals surface area contributed by atoms with Crippen molar-refractivity contribution >= 4 is 0 Å². The Morgan fingerprint density at radius 2 is 1.27 bits per heavy atom. The minimum absolute atomic E-state index is 0.123. The van der Waals surface area contributed by atoms with Gasteiger partial charge in [-0.05, 0) is 35.4 Å². The summed E-state index contributed by atoms with van der Waals surface area (Å²) in [5, 5.41) is 10.5. The first-order chi connectivity index (χ1) is 12.3. The Labute approximate surface area is 146 Å². The second kappa shape index (κ2) is 8.61. The average Bonchev–Trinajstić information content (AvgIpc) is 2.61. The third kappa shape index (κ3) is 4.92. The predicted octanol–water partition coefficient (Wildman–Crippen LogP) is 3.99. The Morgan fingerprint density at radius 3 is 1.77 bits per heavy atom. The van der Waals surface area contributed by atoms with Gasteiger partial charge in [0.2, 0.25) is 0 Å². The summed E-state index contributed by atoms with van der Waals surface area (Å²) in [4.78, 5) is 0. The number of hydrogen-bond acceptors (Lipinski definition) is 5. The van der Waals surface area contributed by atoms with Crippen molar-refractivity contribution in [2.75, 3.05) is 14.2 Å². The van der Waals surface area contributed by atoms with Crippen molar-refractivity contribution < 1.29 is 41.6 Å². The van der Waals surface area contributed by atoms with Crippen LogP contribution in [-0.4, -0.2) is 32.5 Å². The lowest BCUT2D eigenvalue weighted by Gasteiger charge is -2.17. The summed E-state index contributed by atoms with van der Waals surface area (Å²) in [7, 11) is 2.85. The normalized spacial score (nSPS) is 12.2. The van der Waals surface area contributed by atoms with E-state index < -0.39 is 30.8 Å². The summed E-state index contributed by atoms with van der Waals surface area (Å²) in [5.74, 6) is -0.383. The van der Waals surface area contributed by atoms with Crippen LogP contribution < -0.4 is 18.9 Å². The summed E-state index contributed by atoms with van der Waals surface area (Å²) < 4.78 is 68.4. The fourth-order valence-electron chi connectivity index (χ4n) is 2.26. The SMILES string of the molecule is COc1cc(OC)cc(C(O)c2ccc(OC(F)F)c(OC(F)F)c2)c1. The summed E-state index contributed by atoms with van der Waals surface area (Å²) in [6.45, 7) is -6.47. The molecule has 0 spiro atoms. The van der Waals surface area contributed by atoms with Crippen molar-refractivity contribution in [1.82, 2.24) is 0 Å². The Hall–Kier alpha value is -2.68. The van der Waals surface area contributed by atoms with Gasteiger partial charge in [-0.2, -0.15) is 17.6 Å². The van der Waals surface area contributed by atoms with Gasteiger partial charge in [0, 0.05) is 6.07 Å². The van der Waals surface area contributed by atoms with Gasteiger partial charge in [-0.15, -0.1) is 0 Å². The first kappa shape index (κ1) is 19.6. The highest BCUT2D eigenvalue weighted by molar-refractivity contribution is 5.47. The highest BCUT2D eigenvalue weighted by Gasteiger charge is 2.19. The lowest BCUT2D eigenvalue weighted by molar-refractivity contribution is -0.0693. The molecule has 0 bridgehead atoms. The second-order valence-electron chi connectivity index (χ2n) is 5.01. The highest BCUT2D eigenvalue weighted by Crippen LogP contribution is 2.36. The smallest absolute Gasteiger partial charge is 0.387 e. The first-order valence-corrected chi connectivity index (χ1v) is 7.28. The van der Waals surface area contributed by atoms with E-state index in [9.17, 15) is 22.7 Å². The molecule has 0 saturated carbocycles. The minimum Gasteiger partial charge on any atom is -0.497 e. The molecule has 0 radical (unpaired) electrons. The van der Waals surface area contributed by atoms with Crippen LogP contribution in [0.3, 0.4) is 0 Å². The van der Waals surface area contributed by atoms with Gasteiger partial charge < -0.3 is 24.1 Å². The number of benzene rings is 2. The van der Waals surface area contributed by atoms with Crippen molar-refractivity contribution in [1.29, 1.82) is 0 Å². The number of aliphatic hydroxyl groups excluding tert-OH is 1. The van der Waals surface area contributed by atoms with E-state index in [2.05, 4.69) is 9.47 Å². The van der Waals surface area contributed by atoms with Crippen LogP contribution in [-0.2, 0) is 0 Å². The number of hydrogen-bond donors (Lipinski definition) is 1. The van der Waals surface area contributed by atoms with Crippen LogP contribution >= 0.6 is 0 Å². The first-order valence-electron chi connectivity index (χ1n) is 7.28. The zero-order chi connectivity index (χ0) is 19.3. The van der Waals surface area contributed by atoms with E-state index in [1.54, 1.807) is 6.07 Å². The molecule has 0 amide bonds. The Balaban J connectivity index is 2.40. The number of rotatable bonds is 8. The number of alkyl halides is 4. The molecule has 1 N–H and O–H groups in total. The molecule has 0 aliphatic rings. The molecule has 0 heterocycles. The van der Waals surface area contributed by atoms with Crippen LogP contribution in [0, 0.1) is 0 Å². The molecule has 2 rings (SSSR count). The van der Waals surface area contributed by atoms with E-state index in [1.807, 2.05) is 0 Å². The maximum Gasteiger partial charge on any atom is 0.387 e. The minimum atomic E-state index is -3.25. The summed E-state index contributed by atoms with van der Waals surface area (Å²) in [6.07, 6.45) is -1.28. The molecule has 0 aliphatic carbocycles. The van der Waals surface area contributed by atoms with Crippen molar-refractivity contribution in [3.63, 3.8) is 0 Å². The monoisotopic (exact) mass is 376 g/mol. The topological polar surface area (TPSA) is 57.2 Å². The summed E-state index contributed by atoms with van der Waals surface area (Å²) in [6, 6.07) is 7.89. The van der Waals surface area contributed by atoms with Crippen LogP contribution in [0.1, 0.15) is 17.2 Å². The van der Waals surface area contributed by atoms with Gasteiger partial charge >= 0.3 is 13.2 Å². The van der Waals surface area contributed by atoms with Gasteiger partial charge in [0.1, 0.15) is 17.6 Å². The van der Waals surface area contributed by atoms with Gasteiger partial charge in [0.15, 0.2) is 11.5 Å². The van der Waals surface area contributed by atoms with Crippen molar-refractivity contribution in [2.45, 2.75) is 19.3 Å². The zero-order valence-corrected chi connectivity index (χ0v) is 13.8. The van der Waals surface area contributed by atoms with E-state index in [-0.39, 0.29) is 5.56 Å². The number of ether oxygens (including phenoxy) is 4. The molecule has 26 heavy (non-hydrogen) atoms. The van der Waals surface area contributed by atoms with Crippen LogP contribution in [0.15, 0.2) is 36.4 Å². The molecule has 9 heteroatoms. The van der Waals surface area contributed by atoms with Gasteiger partial charge in [0.25, 0.3) is 0 Å². The van der Waals surface area contributed by atoms with E-state index in [1.165, 1.54) is 32.4 Å². The molecular formula is C17H16F4O5. The number of aliphatic hydroxyl groups is 1. The molecule has 2 aromatic carbocycles. The van der Waals surface area contributed by atoms with Crippen molar-refractivity contribution in [3.8, 4) is 23.0 Å². The second-order valence-corrected chi connectivity index (χ2v) is 5.01. The van der Waals surface area contributed by atoms with Crippen LogP contribution in [0.4, 0.5) is 17.6 Å². The molecule has 0 saturated heterocycles. The molecule has 0 aliphatic heterocycles. The predicted molar refractivity (Wildman–Crippen MR) is 83.3 cm³/mol. The number of halogens is 4. The van der Waals surface area contributed by atoms with Crippen LogP contribution in [0.5, 0.6) is 23.0 Å². The molecular weight excluding hydrogens is 360 g/mol. The lowest BCUT2D eigenvalue weighted by Crippen LogP contribution is -2.09. The Morgan fingerprint density at radius 1 is 0.731 bits per heavy atom. The van der Waals surface area contributed by atoms with Crippen LogP contribution in [0.2, 0.25) is 0 Å². The highest BCUT2D eigenvalue weighted by atomic mass is 19.3.